The van der Waals surface area contributed by atoms with Crippen LogP contribution in [-0.4, -0.2) is 42.3 Å². The second kappa shape index (κ2) is 9.07. The Labute approximate surface area is 162 Å². The van der Waals surface area contributed by atoms with E-state index in [1.165, 1.54) is 5.56 Å². The summed E-state index contributed by atoms with van der Waals surface area (Å²) in [5, 5.41) is 0. The minimum Gasteiger partial charge on any atom is -0.463 e. The lowest BCUT2D eigenvalue weighted by atomic mass is 9.88. The SMILES string of the molecule is CCOC(=O)C1=C(C[C@@H](C)c2ccccc2)CN(C(=O)OC(C)(C)C)CC1. The van der Waals surface area contributed by atoms with Crippen molar-refractivity contribution in [2.45, 2.75) is 59.0 Å². The van der Waals surface area contributed by atoms with Crippen LogP contribution in [0, 0.1) is 0 Å². The Hall–Kier alpha value is -2.30. The van der Waals surface area contributed by atoms with Crippen LogP contribution in [0.25, 0.3) is 0 Å². The Bertz CT molecular complexity index is 688. The van der Waals surface area contributed by atoms with Gasteiger partial charge < -0.3 is 14.4 Å². The van der Waals surface area contributed by atoms with Crippen molar-refractivity contribution in [2.24, 2.45) is 0 Å². The third-order valence-corrected chi connectivity index (χ3v) is 4.53. The summed E-state index contributed by atoms with van der Waals surface area (Å²) in [6, 6.07) is 10.2. The van der Waals surface area contributed by atoms with Gasteiger partial charge in [-0.3, -0.25) is 0 Å². The zero-order valence-corrected chi connectivity index (χ0v) is 17.1. The van der Waals surface area contributed by atoms with Crippen molar-refractivity contribution in [1.82, 2.24) is 4.90 Å². The molecule has 0 radical (unpaired) electrons. The van der Waals surface area contributed by atoms with Crippen LogP contribution in [0.2, 0.25) is 0 Å². The minimum atomic E-state index is -0.542. The van der Waals surface area contributed by atoms with E-state index in [0.29, 0.717) is 38.1 Å². The first-order valence-electron chi connectivity index (χ1n) is 9.62. The fourth-order valence-electron chi connectivity index (χ4n) is 3.23. The lowest BCUT2D eigenvalue weighted by Gasteiger charge is -2.33. The van der Waals surface area contributed by atoms with Crippen LogP contribution in [0.4, 0.5) is 4.79 Å². The highest BCUT2D eigenvalue weighted by atomic mass is 16.6. The molecule has 0 N–H and O–H groups in total. The van der Waals surface area contributed by atoms with Crippen LogP contribution < -0.4 is 0 Å². The molecule has 1 atom stereocenters. The van der Waals surface area contributed by atoms with Gasteiger partial charge in [-0.1, -0.05) is 37.3 Å². The molecule has 1 aliphatic heterocycles. The summed E-state index contributed by atoms with van der Waals surface area (Å²) in [6.07, 6.45) is 0.863. The largest absolute Gasteiger partial charge is 0.463 e. The Morgan fingerprint density at radius 2 is 1.85 bits per heavy atom. The van der Waals surface area contributed by atoms with Crippen molar-refractivity contribution in [3.05, 3.63) is 47.0 Å². The van der Waals surface area contributed by atoms with Crippen molar-refractivity contribution in [1.29, 1.82) is 0 Å². The molecule has 1 amide bonds. The van der Waals surface area contributed by atoms with E-state index in [9.17, 15) is 9.59 Å². The van der Waals surface area contributed by atoms with Crippen molar-refractivity contribution >= 4 is 12.1 Å². The Morgan fingerprint density at radius 1 is 1.19 bits per heavy atom. The van der Waals surface area contributed by atoms with Gasteiger partial charge in [-0.25, -0.2) is 9.59 Å². The number of amides is 1. The zero-order valence-electron chi connectivity index (χ0n) is 17.1. The number of nitrogens with zero attached hydrogens (tertiary/aromatic N) is 1. The average Bonchev–Trinajstić information content (AvgIpc) is 2.61. The predicted octanol–water partition coefficient (Wildman–Crippen LogP) is 4.68. The predicted molar refractivity (Wildman–Crippen MR) is 106 cm³/mol. The van der Waals surface area contributed by atoms with E-state index in [-0.39, 0.29) is 18.0 Å². The second-order valence-corrected chi connectivity index (χ2v) is 7.97. The molecule has 0 saturated carbocycles. The van der Waals surface area contributed by atoms with E-state index in [1.807, 2.05) is 39.0 Å². The van der Waals surface area contributed by atoms with Gasteiger partial charge in [-0.2, -0.15) is 0 Å². The van der Waals surface area contributed by atoms with E-state index in [4.69, 9.17) is 9.47 Å². The molecule has 0 aromatic heterocycles. The zero-order chi connectivity index (χ0) is 20.0. The quantitative estimate of drug-likeness (QED) is 0.703. The maximum absolute atomic E-state index is 12.5. The Kier molecular flexibility index (Phi) is 7.05. The molecule has 1 heterocycles. The Balaban J connectivity index is 2.21. The molecule has 0 fully saturated rings. The molecule has 1 aromatic rings. The van der Waals surface area contributed by atoms with Gasteiger partial charge in [0.05, 0.1) is 6.61 Å². The van der Waals surface area contributed by atoms with E-state index in [0.717, 1.165) is 5.57 Å². The van der Waals surface area contributed by atoms with Crippen LogP contribution in [0.5, 0.6) is 0 Å². The monoisotopic (exact) mass is 373 g/mol. The van der Waals surface area contributed by atoms with Gasteiger partial charge in [0.15, 0.2) is 0 Å². The molecule has 0 bridgehead atoms. The first-order valence-corrected chi connectivity index (χ1v) is 9.62. The third kappa shape index (κ3) is 6.12. The fraction of sp³-hybridized carbons (Fsp3) is 0.545. The van der Waals surface area contributed by atoms with E-state index < -0.39 is 5.60 Å². The topological polar surface area (TPSA) is 55.8 Å². The summed E-state index contributed by atoms with van der Waals surface area (Å²) in [5.74, 6) is -0.0270. The molecule has 0 saturated heterocycles. The maximum Gasteiger partial charge on any atom is 0.410 e. The molecule has 1 aliphatic rings. The van der Waals surface area contributed by atoms with Crippen LogP contribution in [0.3, 0.4) is 0 Å². The number of ether oxygens (including phenoxy) is 2. The summed E-state index contributed by atoms with van der Waals surface area (Å²) in [7, 11) is 0. The molecular formula is C22H31NO4. The third-order valence-electron chi connectivity index (χ3n) is 4.53. The number of hydrogen-bond acceptors (Lipinski definition) is 4. The highest BCUT2D eigenvalue weighted by Crippen LogP contribution is 2.30. The van der Waals surface area contributed by atoms with Crippen LogP contribution in [-0.2, 0) is 14.3 Å². The highest BCUT2D eigenvalue weighted by molar-refractivity contribution is 5.90. The molecule has 5 nitrogen and oxygen atoms in total. The molecule has 1 aromatic carbocycles. The number of carbonyl (C=O) groups is 2. The van der Waals surface area contributed by atoms with Gasteiger partial charge >= 0.3 is 12.1 Å². The first-order chi connectivity index (χ1) is 12.7. The van der Waals surface area contributed by atoms with Crippen molar-refractivity contribution < 1.29 is 19.1 Å². The molecular weight excluding hydrogens is 342 g/mol. The van der Waals surface area contributed by atoms with Crippen LogP contribution >= 0.6 is 0 Å². The smallest absolute Gasteiger partial charge is 0.410 e. The standard InChI is InChI=1S/C22H31NO4/c1-6-26-20(24)19-12-13-23(21(25)27-22(3,4)5)15-18(19)14-16(2)17-10-8-7-9-11-17/h7-11,16H,6,12-15H2,1-5H3/t16-/m1/s1. The van der Waals surface area contributed by atoms with Gasteiger partial charge in [0.1, 0.15) is 5.60 Å². The van der Waals surface area contributed by atoms with E-state index >= 15 is 0 Å². The van der Waals surface area contributed by atoms with Crippen molar-refractivity contribution in [3.63, 3.8) is 0 Å². The van der Waals surface area contributed by atoms with E-state index in [1.54, 1.807) is 11.8 Å². The summed E-state index contributed by atoms with van der Waals surface area (Å²) in [4.78, 5) is 26.6. The van der Waals surface area contributed by atoms with Gasteiger partial charge in [-0.15, -0.1) is 0 Å². The number of esters is 1. The van der Waals surface area contributed by atoms with Gasteiger partial charge in [0.2, 0.25) is 0 Å². The number of hydrogen-bond donors (Lipinski definition) is 0. The highest BCUT2D eigenvalue weighted by Gasteiger charge is 2.30. The summed E-state index contributed by atoms with van der Waals surface area (Å²) in [5.41, 5.74) is 2.34. The lowest BCUT2D eigenvalue weighted by Crippen LogP contribution is -2.41. The molecule has 2 rings (SSSR count). The lowest BCUT2D eigenvalue weighted by molar-refractivity contribution is -0.139. The van der Waals surface area contributed by atoms with E-state index in [2.05, 4.69) is 19.1 Å². The van der Waals surface area contributed by atoms with Gasteiger partial charge in [0, 0.05) is 18.7 Å². The van der Waals surface area contributed by atoms with Gasteiger partial charge in [0.25, 0.3) is 0 Å². The summed E-state index contributed by atoms with van der Waals surface area (Å²) >= 11 is 0. The van der Waals surface area contributed by atoms with Crippen molar-refractivity contribution in [2.75, 3.05) is 19.7 Å². The van der Waals surface area contributed by atoms with Crippen molar-refractivity contribution in [3.8, 4) is 0 Å². The number of rotatable bonds is 5. The first kappa shape index (κ1) is 21.0. The maximum atomic E-state index is 12.5. The summed E-state index contributed by atoms with van der Waals surface area (Å²) in [6.45, 7) is 10.7. The fourth-order valence-corrected chi connectivity index (χ4v) is 3.23. The molecule has 0 spiro atoms. The second-order valence-electron chi connectivity index (χ2n) is 7.97. The molecule has 0 aliphatic carbocycles. The van der Waals surface area contributed by atoms with Crippen LogP contribution in [0.15, 0.2) is 41.5 Å². The number of carbonyl (C=O) groups excluding carboxylic acids is 2. The summed E-state index contributed by atoms with van der Waals surface area (Å²) < 4.78 is 10.8. The molecule has 27 heavy (non-hydrogen) atoms. The normalized spacial score (nSPS) is 16.1. The number of benzene rings is 1. The molecule has 0 unspecified atom stereocenters. The van der Waals surface area contributed by atoms with Gasteiger partial charge in [-0.05, 0) is 57.6 Å². The van der Waals surface area contributed by atoms with Crippen LogP contribution in [0.1, 0.15) is 58.9 Å². The molecule has 5 heteroatoms. The Morgan fingerprint density at radius 3 is 2.44 bits per heavy atom. The minimum absolute atomic E-state index is 0.240. The average molecular weight is 373 g/mol. The molecule has 148 valence electrons.